The van der Waals surface area contributed by atoms with Crippen molar-refractivity contribution in [3.8, 4) is 5.88 Å². The molecule has 1 N–H and O–H groups in total. The molecule has 6 nitrogen and oxygen atoms in total. The van der Waals surface area contributed by atoms with E-state index in [9.17, 15) is 14.0 Å². The van der Waals surface area contributed by atoms with E-state index in [2.05, 4.69) is 9.97 Å². The van der Waals surface area contributed by atoms with E-state index in [1.165, 1.54) is 30.6 Å². The lowest BCUT2D eigenvalue weighted by atomic mass is 10.1. The number of H-pyrrole nitrogens is 1. The molecule has 2 aromatic rings. The van der Waals surface area contributed by atoms with Crippen LogP contribution in [-0.4, -0.2) is 40.0 Å². The van der Waals surface area contributed by atoms with E-state index >= 15 is 0 Å². The van der Waals surface area contributed by atoms with Gasteiger partial charge >= 0.3 is 0 Å². The number of rotatable bonds is 3. The highest BCUT2D eigenvalue weighted by atomic mass is 19.1. The summed E-state index contributed by atoms with van der Waals surface area (Å²) in [5.74, 6) is -0.943. The Morgan fingerprint density at radius 3 is 3.04 bits per heavy atom. The smallest absolute Gasteiger partial charge is 0.260 e. The number of ether oxygens (including phenoxy) is 1. The SMILES string of the molecule is O=C(c1ccc[nH]c1=O)N1CCC[C@H](Oc2ncccc2F)C1. The predicted octanol–water partition coefficient (Wildman–Crippen LogP) is 1.59. The van der Waals surface area contributed by atoms with Gasteiger partial charge < -0.3 is 14.6 Å². The van der Waals surface area contributed by atoms with Crippen molar-refractivity contribution in [3.63, 3.8) is 0 Å². The standard InChI is InChI=1S/C16H16FN3O3/c17-13-6-2-8-19-15(13)23-11-4-3-9-20(10-11)16(22)12-5-1-7-18-14(12)21/h1-2,5-8,11H,3-4,9-10H2,(H,18,21)/t11-/m0/s1. The van der Waals surface area contributed by atoms with Gasteiger partial charge in [-0.2, -0.15) is 0 Å². The number of carbonyl (C=O) groups excluding carboxylic acids is 1. The van der Waals surface area contributed by atoms with Gasteiger partial charge in [0.05, 0.1) is 6.54 Å². The van der Waals surface area contributed by atoms with Gasteiger partial charge in [-0.15, -0.1) is 0 Å². The number of halogens is 1. The minimum Gasteiger partial charge on any atom is -0.470 e. The van der Waals surface area contributed by atoms with Crippen molar-refractivity contribution in [2.75, 3.05) is 13.1 Å². The van der Waals surface area contributed by atoms with Crippen LogP contribution in [0.5, 0.6) is 5.88 Å². The molecule has 0 aromatic carbocycles. The number of hydrogen-bond acceptors (Lipinski definition) is 4. The van der Waals surface area contributed by atoms with Crippen LogP contribution in [0.1, 0.15) is 23.2 Å². The minimum atomic E-state index is -0.532. The maximum atomic E-state index is 13.6. The monoisotopic (exact) mass is 317 g/mol. The summed E-state index contributed by atoms with van der Waals surface area (Å²) in [6.07, 6.45) is 4.00. The van der Waals surface area contributed by atoms with E-state index in [1.807, 2.05) is 0 Å². The Bertz CT molecular complexity index is 762. The van der Waals surface area contributed by atoms with Gasteiger partial charge in [0.15, 0.2) is 5.82 Å². The van der Waals surface area contributed by atoms with Crippen LogP contribution in [0.4, 0.5) is 4.39 Å². The predicted molar refractivity (Wildman–Crippen MR) is 80.8 cm³/mol. The lowest BCUT2D eigenvalue weighted by Crippen LogP contribution is -2.45. The first-order chi connectivity index (χ1) is 11.1. The third-order valence-electron chi connectivity index (χ3n) is 3.72. The van der Waals surface area contributed by atoms with Crippen LogP contribution in [0.25, 0.3) is 0 Å². The van der Waals surface area contributed by atoms with Crippen LogP contribution in [0.3, 0.4) is 0 Å². The molecule has 3 rings (SSSR count). The average molecular weight is 317 g/mol. The molecule has 1 saturated heterocycles. The zero-order chi connectivity index (χ0) is 16.2. The van der Waals surface area contributed by atoms with E-state index in [4.69, 9.17) is 4.74 Å². The molecule has 7 heteroatoms. The molecule has 1 amide bonds. The molecule has 0 spiro atoms. The van der Waals surface area contributed by atoms with Gasteiger partial charge in [-0.3, -0.25) is 9.59 Å². The van der Waals surface area contributed by atoms with Crippen molar-refractivity contribution >= 4 is 5.91 Å². The van der Waals surface area contributed by atoms with Gasteiger partial charge in [0.2, 0.25) is 0 Å². The van der Waals surface area contributed by atoms with E-state index in [-0.39, 0.29) is 23.5 Å². The molecular weight excluding hydrogens is 301 g/mol. The van der Waals surface area contributed by atoms with Crippen molar-refractivity contribution in [2.24, 2.45) is 0 Å². The molecule has 0 aliphatic carbocycles. The second-order valence-electron chi connectivity index (χ2n) is 5.34. The maximum absolute atomic E-state index is 13.6. The zero-order valence-corrected chi connectivity index (χ0v) is 12.4. The van der Waals surface area contributed by atoms with Crippen molar-refractivity contribution in [1.29, 1.82) is 0 Å². The molecule has 0 radical (unpaired) electrons. The van der Waals surface area contributed by atoms with Crippen LogP contribution in [-0.2, 0) is 0 Å². The molecule has 1 aliphatic heterocycles. The Morgan fingerprint density at radius 1 is 1.39 bits per heavy atom. The van der Waals surface area contributed by atoms with Gasteiger partial charge in [0, 0.05) is 18.9 Å². The number of carbonyl (C=O) groups is 1. The lowest BCUT2D eigenvalue weighted by Gasteiger charge is -2.32. The van der Waals surface area contributed by atoms with Crippen LogP contribution >= 0.6 is 0 Å². The van der Waals surface area contributed by atoms with Crippen LogP contribution < -0.4 is 10.3 Å². The number of nitrogens with one attached hydrogen (secondary N) is 1. The third kappa shape index (κ3) is 3.39. The largest absolute Gasteiger partial charge is 0.470 e. The van der Waals surface area contributed by atoms with Crippen LogP contribution in [0.2, 0.25) is 0 Å². The third-order valence-corrected chi connectivity index (χ3v) is 3.72. The Balaban J connectivity index is 1.71. The fraction of sp³-hybridized carbons (Fsp3) is 0.312. The summed E-state index contributed by atoms with van der Waals surface area (Å²) < 4.78 is 19.2. The average Bonchev–Trinajstić information content (AvgIpc) is 2.57. The summed E-state index contributed by atoms with van der Waals surface area (Å²) in [4.78, 5) is 32.1. The number of nitrogens with zero attached hydrogens (tertiary/aromatic N) is 2. The molecule has 0 bridgehead atoms. The fourth-order valence-corrected chi connectivity index (χ4v) is 2.59. The van der Waals surface area contributed by atoms with Gasteiger partial charge in [0.25, 0.3) is 17.3 Å². The highest BCUT2D eigenvalue weighted by molar-refractivity contribution is 5.93. The Kier molecular flexibility index (Phi) is 4.36. The zero-order valence-electron chi connectivity index (χ0n) is 12.4. The maximum Gasteiger partial charge on any atom is 0.260 e. The number of pyridine rings is 2. The molecule has 120 valence electrons. The summed E-state index contributed by atoms with van der Waals surface area (Å²) >= 11 is 0. The van der Waals surface area contributed by atoms with Crippen LogP contribution in [0, 0.1) is 5.82 Å². The molecule has 1 aliphatic rings. The molecule has 3 heterocycles. The molecule has 2 aromatic heterocycles. The summed E-state index contributed by atoms with van der Waals surface area (Å²) in [5, 5.41) is 0. The fourth-order valence-electron chi connectivity index (χ4n) is 2.59. The molecular formula is C16H16FN3O3. The molecule has 23 heavy (non-hydrogen) atoms. The number of piperidine rings is 1. The van der Waals surface area contributed by atoms with Crippen molar-refractivity contribution < 1.29 is 13.9 Å². The Hall–Kier alpha value is -2.70. The summed E-state index contributed by atoms with van der Waals surface area (Å²) in [7, 11) is 0. The highest BCUT2D eigenvalue weighted by Gasteiger charge is 2.27. The summed E-state index contributed by atoms with van der Waals surface area (Å²) in [6.45, 7) is 0.834. The topological polar surface area (TPSA) is 75.3 Å². The molecule has 0 unspecified atom stereocenters. The summed E-state index contributed by atoms with van der Waals surface area (Å²) in [5.41, 5.74) is -0.325. The lowest BCUT2D eigenvalue weighted by molar-refractivity contribution is 0.0516. The normalized spacial score (nSPS) is 17.8. The first-order valence-electron chi connectivity index (χ1n) is 7.39. The van der Waals surface area contributed by atoms with Crippen LogP contribution in [0.15, 0.2) is 41.5 Å². The van der Waals surface area contributed by atoms with Gasteiger partial charge in [0.1, 0.15) is 11.7 Å². The van der Waals surface area contributed by atoms with E-state index in [0.29, 0.717) is 19.5 Å². The molecule has 0 saturated carbocycles. The van der Waals surface area contributed by atoms with E-state index in [0.717, 1.165) is 6.42 Å². The van der Waals surface area contributed by atoms with E-state index < -0.39 is 11.4 Å². The van der Waals surface area contributed by atoms with Gasteiger partial charge in [-0.25, -0.2) is 9.37 Å². The minimum absolute atomic E-state index is 0.0654. The molecule has 1 atom stereocenters. The molecule has 1 fully saturated rings. The summed E-state index contributed by atoms with van der Waals surface area (Å²) in [6, 6.07) is 5.86. The van der Waals surface area contributed by atoms with E-state index in [1.54, 1.807) is 11.0 Å². The van der Waals surface area contributed by atoms with Gasteiger partial charge in [-0.1, -0.05) is 0 Å². The Morgan fingerprint density at radius 2 is 2.26 bits per heavy atom. The second kappa shape index (κ2) is 6.60. The quantitative estimate of drug-likeness (QED) is 0.933. The van der Waals surface area contributed by atoms with Crippen molar-refractivity contribution in [3.05, 3.63) is 58.4 Å². The Labute approximate surface area is 131 Å². The first kappa shape index (κ1) is 15.2. The number of amides is 1. The highest BCUT2D eigenvalue weighted by Crippen LogP contribution is 2.19. The van der Waals surface area contributed by atoms with Crippen molar-refractivity contribution in [2.45, 2.75) is 18.9 Å². The number of likely N-dealkylation sites (tertiary alicyclic amines) is 1. The second-order valence-corrected chi connectivity index (χ2v) is 5.34. The number of aromatic amines is 1. The van der Waals surface area contributed by atoms with Gasteiger partial charge in [-0.05, 0) is 37.1 Å². The first-order valence-corrected chi connectivity index (χ1v) is 7.39. The number of aromatic nitrogens is 2. The van der Waals surface area contributed by atoms with Crippen molar-refractivity contribution in [1.82, 2.24) is 14.9 Å². The number of hydrogen-bond donors (Lipinski definition) is 1.